The summed E-state index contributed by atoms with van der Waals surface area (Å²) >= 11 is 0. The average molecular weight is 408 g/mol. The first-order valence-electron chi connectivity index (χ1n) is 8.48. The number of nitrogens with one attached hydrogen (secondary N) is 2. The summed E-state index contributed by atoms with van der Waals surface area (Å²) in [6.45, 7) is -2.94. The number of fused-ring (bicyclic) bond motifs is 4. The van der Waals surface area contributed by atoms with Crippen LogP contribution in [0, 0.1) is 0 Å². The second-order valence-electron chi connectivity index (χ2n) is 6.89. The molecule has 2 N–H and O–H groups in total. The molecule has 0 unspecified atom stereocenters. The molecule has 8 nitrogen and oxygen atoms in total. The Hall–Kier alpha value is -2.95. The maximum absolute atomic E-state index is 12.6. The second kappa shape index (κ2) is 5.77. The molecule has 1 saturated carbocycles. The normalized spacial score (nSPS) is 16.7. The zero-order valence-corrected chi connectivity index (χ0v) is 15.1. The second-order valence-corrected chi connectivity index (χ2v) is 8.52. The lowest BCUT2D eigenvalue weighted by Crippen LogP contribution is -2.20. The number of hydrogen-bond donors (Lipinski definition) is 2. The Morgan fingerprint density at radius 3 is 2.82 bits per heavy atom. The van der Waals surface area contributed by atoms with Gasteiger partial charge in [-0.2, -0.15) is 17.2 Å². The summed E-state index contributed by atoms with van der Waals surface area (Å²) < 4.78 is 62.4. The fraction of sp³-hybridized carbons (Fsp3) is 0.294. The number of halogens is 2. The lowest BCUT2D eigenvalue weighted by molar-refractivity contribution is -0.0498. The molecule has 11 heteroatoms. The zero-order valence-electron chi connectivity index (χ0n) is 14.3. The van der Waals surface area contributed by atoms with Crippen molar-refractivity contribution >= 4 is 15.8 Å². The van der Waals surface area contributed by atoms with Crippen LogP contribution in [0.1, 0.15) is 24.0 Å². The van der Waals surface area contributed by atoms with Gasteiger partial charge >= 0.3 is 6.61 Å². The minimum atomic E-state index is -3.93. The number of rotatable bonds is 5. The monoisotopic (exact) mass is 408 g/mol. The average Bonchev–Trinajstić information content (AvgIpc) is 3.05. The molecule has 0 saturated heterocycles. The number of benzene rings is 1. The van der Waals surface area contributed by atoms with Crippen molar-refractivity contribution in [1.82, 2.24) is 15.1 Å². The molecule has 3 aromatic rings. The van der Waals surface area contributed by atoms with Gasteiger partial charge in [-0.3, -0.25) is 4.72 Å². The molecular formula is C17H14F2N4O4S. The van der Waals surface area contributed by atoms with Gasteiger partial charge in [0.15, 0.2) is 16.6 Å². The molecule has 1 fully saturated rings. The standard InChI is InChI=1S/C17H14F2N4O4S/c18-16(19)26-9-1-2-12-10(5-9)14-11(6-17(12)3-4-17)15(22-27-14)23-28(24,25)13-7-20-8-21-13/h1-2,5,7-8,16H,3-4,6H2,(H,20,21)(H,22,23). The van der Waals surface area contributed by atoms with Crippen LogP contribution in [0.4, 0.5) is 14.6 Å². The number of imidazole rings is 1. The van der Waals surface area contributed by atoms with E-state index < -0.39 is 16.6 Å². The molecule has 0 amide bonds. The van der Waals surface area contributed by atoms with Gasteiger partial charge in [0.1, 0.15) is 5.75 Å². The van der Waals surface area contributed by atoms with Gasteiger partial charge in [0, 0.05) is 22.7 Å². The maximum atomic E-state index is 12.6. The van der Waals surface area contributed by atoms with Gasteiger partial charge < -0.3 is 14.2 Å². The molecule has 2 aromatic heterocycles. The summed E-state index contributed by atoms with van der Waals surface area (Å²) in [4.78, 5) is 6.33. The molecule has 0 bridgehead atoms. The van der Waals surface area contributed by atoms with E-state index in [1.807, 2.05) is 0 Å². The highest BCUT2D eigenvalue weighted by Gasteiger charge is 2.50. The van der Waals surface area contributed by atoms with E-state index in [4.69, 9.17) is 4.52 Å². The van der Waals surface area contributed by atoms with Crippen molar-refractivity contribution in [3.63, 3.8) is 0 Å². The third-order valence-electron chi connectivity index (χ3n) is 5.17. The maximum Gasteiger partial charge on any atom is 0.387 e. The number of nitrogens with zero attached hydrogens (tertiary/aromatic N) is 2. The van der Waals surface area contributed by atoms with E-state index in [1.54, 1.807) is 6.07 Å². The molecule has 5 rings (SSSR count). The van der Waals surface area contributed by atoms with Gasteiger partial charge in [0.25, 0.3) is 10.0 Å². The van der Waals surface area contributed by atoms with Crippen LogP contribution >= 0.6 is 0 Å². The third-order valence-corrected chi connectivity index (χ3v) is 6.40. The molecule has 2 aliphatic rings. The van der Waals surface area contributed by atoms with Crippen molar-refractivity contribution in [2.24, 2.45) is 0 Å². The summed E-state index contributed by atoms with van der Waals surface area (Å²) in [6.07, 6.45) is 4.87. The van der Waals surface area contributed by atoms with Gasteiger partial charge in [0.2, 0.25) is 0 Å². The van der Waals surface area contributed by atoms with E-state index in [1.165, 1.54) is 24.7 Å². The lowest BCUT2D eigenvalue weighted by atomic mass is 9.79. The Morgan fingerprint density at radius 1 is 1.32 bits per heavy atom. The highest BCUT2D eigenvalue weighted by atomic mass is 32.2. The number of anilines is 1. The highest BCUT2D eigenvalue weighted by molar-refractivity contribution is 7.92. The van der Waals surface area contributed by atoms with E-state index in [9.17, 15) is 17.2 Å². The first-order chi connectivity index (χ1) is 13.4. The third kappa shape index (κ3) is 2.65. The Bertz CT molecular complexity index is 1150. The quantitative estimate of drug-likeness (QED) is 0.671. The topological polar surface area (TPSA) is 110 Å². The van der Waals surface area contributed by atoms with Gasteiger partial charge in [-0.05, 0) is 37.0 Å². The zero-order chi connectivity index (χ0) is 19.5. The number of alkyl halides is 2. The number of aromatic nitrogens is 3. The van der Waals surface area contributed by atoms with E-state index in [2.05, 4.69) is 24.6 Å². The molecular weight excluding hydrogens is 394 g/mol. The van der Waals surface area contributed by atoms with Crippen molar-refractivity contribution in [1.29, 1.82) is 0 Å². The van der Waals surface area contributed by atoms with Crippen LogP contribution in [0.5, 0.6) is 5.75 Å². The highest BCUT2D eigenvalue weighted by Crippen LogP contribution is 2.58. The van der Waals surface area contributed by atoms with E-state index in [-0.39, 0.29) is 22.0 Å². The lowest BCUT2D eigenvalue weighted by Gasteiger charge is -2.24. The fourth-order valence-corrected chi connectivity index (χ4v) is 4.65. The molecule has 2 aliphatic carbocycles. The number of aromatic amines is 1. The molecule has 1 spiro atoms. The summed E-state index contributed by atoms with van der Waals surface area (Å²) in [6, 6.07) is 4.75. The van der Waals surface area contributed by atoms with Crippen LogP contribution in [0.25, 0.3) is 11.3 Å². The number of hydrogen-bond acceptors (Lipinski definition) is 6. The van der Waals surface area contributed by atoms with Gasteiger partial charge in [-0.25, -0.2) is 4.98 Å². The molecule has 1 aromatic carbocycles. The van der Waals surface area contributed by atoms with Crippen LogP contribution in [0.15, 0.2) is 40.3 Å². The van der Waals surface area contributed by atoms with Crippen LogP contribution in [-0.4, -0.2) is 30.2 Å². The summed E-state index contributed by atoms with van der Waals surface area (Å²) in [7, 11) is -3.93. The predicted molar refractivity (Wildman–Crippen MR) is 92.6 cm³/mol. The molecule has 28 heavy (non-hydrogen) atoms. The molecule has 0 aliphatic heterocycles. The minimum absolute atomic E-state index is 0.00690. The largest absolute Gasteiger partial charge is 0.435 e. The summed E-state index contributed by atoms with van der Waals surface area (Å²) in [5.74, 6) is 0.439. The first kappa shape index (κ1) is 17.2. The van der Waals surface area contributed by atoms with Crippen molar-refractivity contribution in [3.8, 4) is 17.1 Å². The predicted octanol–water partition coefficient (Wildman–Crippen LogP) is 3.05. The molecule has 0 radical (unpaired) electrons. The van der Waals surface area contributed by atoms with E-state index >= 15 is 0 Å². The van der Waals surface area contributed by atoms with E-state index in [0.29, 0.717) is 23.3 Å². The minimum Gasteiger partial charge on any atom is -0.435 e. The van der Waals surface area contributed by atoms with Gasteiger partial charge in [0.05, 0.1) is 6.33 Å². The number of sulfonamides is 1. The van der Waals surface area contributed by atoms with Gasteiger partial charge in [-0.1, -0.05) is 11.2 Å². The summed E-state index contributed by atoms with van der Waals surface area (Å²) in [5, 5.41) is 3.71. The summed E-state index contributed by atoms with van der Waals surface area (Å²) in [5.41, 5.74) is 2.00. The fourth-order valence-electron chi connectivity index (χ4n) is 3.72. The molecule has 2 heterocycles. The number of ether oxygens (including phenoxy) is 1. The molecule has 0 atom stereocenters. The van der Waals surface area contributed by atoms with Crippen LogP contribution in [-0.2, 0) is 21.9 Å². The van der Waals surface area contributed by atoms with Crippen molar-refractivity contribution in [3.05, 3.63) is 41.9 Å². The van der Waals surface area contributed by atoms with Crippen molar-refractivity contribution in [2.75, 3.05) is 4.72 Å². The first-order valence-corrected chi connectivity index (χ1v) is 9.96. The van der Waals surface area contributed by atoms with Crippen molar-refractivity contribution in [2.45, 2.75) is 36.3 Å². The smallest absolute Gasteiger partial charge is 0.387 e. The van der Waals surface area contributed by atoms with Crippen LogP contribution in [0.2, 0.25) is 0 Å². The Balaban J connectivity index is 1.57. The van der Waals surface area contributed by atoms with E-state index in [0.717, 1.165) is 18.4 Å². The Labute approximate surface area is 158 Å². The van der Waals surface area contributed by atoms with Crippen LogP contribution < -0.4 is 9.46 Å². The SMILES string of the molecule is O=S(=O)(Nc1noc2c1CC1(CC1)c1ccc(OC(F)F)cc1-2)c1c[nH]cn1. The number of H-pyrrole nitrogens is 1. The Morgan fingerprint density at radius 2 is 2.14 bits per heavy atom. The molecule has 146 valence electrons. The van der Waals surface area contributed by atoms with Gasteiger partial charge in [-0.15, -0.1) is 0 Å². The van der Waals surface area contributed by atoms with Crippen LogP contribution in [0.3, 0.4) is 0 Å². The van der Waals surface area contributed by atoms with Crippen molar-refractivity contribution < 1.29 is 26.5 Å². The Kier molecular flexibility index (Phi) is 3.54.